The minimum absolute atomic E-state index is 0.0960. The second-order valence-corrected chi connectivity index (χ2v) is 4.81. The number of rotatable bonds is 5. The maximum atomic E-state index is 11.9. The van der Waals surface area contributed by atoms with E-state index in [-0.39, 0.29) is 18.4 Å². The molecule has 5 nitrogen and oxygen atoms in total. The Balaban J connectivity index is 2.59. The summed E-state index contributed by atoms with van der Waals surface area (Å²) in [7, 11) is 1.81. The lowest BCUT2D eigenvalue weighted by molar-refractivity contribution is -0.117. The third-order valence-corrected chi connectivity index (χ3v) is 2.79. The van der Waals surface area contributed by atoms with Gasteiger partial charge in [-0.15, -0.1) is 0 Å². The van der Waals surface area contributed by atoms with Crippen molar-refractivity contribution < 1.29 is 4.79 Å². The molecular weight excluding hydrogens is 240 g/mol. The summed E-state index contributed by atoms with van der Waals surface area (Å²) >= 11 is 0. The van der Waals surface area contributed by atoms with Crippen LogP contribution in [0, 0.1) is 24.2 Å². The maximum Gasteiger partial charge on any atom is 0.238 e. The molecule has 0 saturated heterocycles. The monoisotopic (exact) mass is 260 g/mol. The molecule has 1 amide bonds. The predicted octanol–water partition coefficient (Wildman–Crippen LogP) is 1.61. The standard InChI is InChI=1S/C14H20N4O/c1-10(7-15)8-18(3)9-13(19)17-14-11(2)5-4-6-12(14)16/h4-6,10H,8-9,16H2,1-3H3,(H,17,19). The zero-order chi connectivity index (χ0) is 14.4. The Morgan fingerprint density at radius 2 is 2.26 bits per heavy atom. The van der Waals surface area contributed by atoms with Gasteiger partial charge in [0.2, 0.25) is 5.91 Å². The summed E-state index contributed by atoms with van der Waals surface area (Å²) in [6.07, 6.45) is 0. The number of aryl methyl sites for hydroxylation is 1. The van der Waals surface area contributed by atoms with E-state index in [4.69, 9.17) is 11.0 Å². The van der Waals surface area contributed by atoms with Crippen LogP contribution in [0.2, 0.25) is 0 Å². The summed E-state index contributed by atoms with van der Waals surface area (Å²) in [5.74, 6) is -0.227. The van der Waals surface area contributed by atoms with E-state index in [0.717, 1.165) is 5.56 Å². The average molecular weight is 260 g/mol. The summed E-state index contributed by atoms with van der Waals surface area (Å²) in [4.78, 5) is 13.7. The first kappa shape index (κ1) is 15.0. The van der Waals surface area contributed by atoms with Crippen molar-refractivity contribution in [2.24, 2.45) is 5.92 Å². The van der Waals surface area contributed by atoms with Crippen LogP contribution < -0.4 is 11.1 Å². The van der Waals surface area contributed by atoms with Crippen LogP contribution in [-0.2, 0) is 4.79 Å². The molecule has 0 aromatic heterocycles. The molecule has 0 aliphatic rings. The van der Waals surface area contributed by atoms with E-state index >= 15 is 0 Å². The lowest BCUT2D eigenvalue weighted by Crippen LogP contribution is -2.33. The molecule has 0 saturated carbocycles. The lowest BCUT2D eigenvalue weighted by Gasteiger charge is -2.18. The van der Waals surface area contributed by atoms with Crippen molar-refractivity contribution in [2.45, 2.75) is 13.8 Å². The third-order valence-electron chi connectivity index (χ3n) is 2.79. The zero-order valence-electron chi connectivity index (χ0n) is 11.6. The first-order valence-corrected chi connectivity index (χ1v) is 6.17. The van der Waals surface area contributed by atoms with E-state index in [1.807, 2.05) is 37.9 Å². The maximum absolute atomic E-state index is 11.9. The molecule has 1 unspecified atom stereocenters. The van der Waals surface area contributed by atoms with E-state index in [1.54, 1.807) is 6.07 Å². The summed E-state index contributed by atoms with van der Waals surface area (Å²) in [6.45, 7) is 4.52. The molecule has 19 heavy (non-hydrogen) atoms. The van der Waals surface area contributed by atoms with Crippen molar-refractivity contribution in [3.05, 3.63) is 23.8 Å². The van der Waals surface area contributed by atoms with Crippen molar-refractivity contribution in [3.8, 4) is 6.07 Å². The number of hydrogen-bond acceptors (Lipinski definition) is 4. The fraction of sp³-hybridized carbons (Fsp3) is 0.429. The van der Waals surface area contributed by atoms with Crippen molar-refractivity contribution in [1.82, 2.24) is 4.90 Å². The van der Waals surface area contributed by atoms with Crippen molar-refractivity contribution in [3.63, 3.8) is 0 Å². The molecule has 0 bridgehead atoms. The van der Waals surface area contributed by atoms with E-state index in [0.29, 0.717) is 17.9 Å². The Labute approximate surface area is 114 Å². The number of carbonyl (C=O) groups is 1. The number of nitrogens with two attached hydrogens (primary N) is 1. The van der Waals surface area contributed by atoms with E-state index < -0.39 is 0 Å². The third kappa shape index (κ3) is 4.60. The SMILES string of the molecule is Cc1cccc(N)c1NC(=O)CN(C)CC(C)C#N. The average Bonchev–Trinajstić information content (AvgIpc) is 2.33. The minimum atomic E-state index is -0.131. The van der Waals surface area contributed by atoms with Gasteiger partial charge in [-0.2, -0.15) is 5.26 Å². The van der Waals surface area contributed by atoms with Crippen LogP contribution in [0.15, 0.2) is 18.2 Å². The molecule has 0 aliphatic carbocycles. The number of likely N-dealkylation sites (N-methyl/N-ethyl adjacent to an activating group) is 1. The van der Waals surface area contributed by atoms with Crippen LogP contribution in [0.25, 0.3) is 0 Å². The highest BCUT2D eigenvalue weighted by molar-refractivity contribution is 5.96. The lowest BCUT2D eigenvalue weighted by atomic mass is 10.1. The van der Waals surface area contributed by atoms with Gasteiger partial charge in [-0.05, 0) is 32.5 Å². The van der Waals surface area contributed by atoms with Gasteiger partial charge in [0, 0.05) is 6.54 Å². The highest BCUT2D eigenvalue weighted by atomic mass is 16.2. The van der Waals surface area contributed by atoms with Crippen molar-refractivity contribution in [1.29, 1.82) is 5.26 Å². The summed E-state index contributed by atoms with van der Waals surface area (Å²) < 4.78 is 0. The Bertz CT molecular complexity index is 472. The van der Waals surface area contributed by atoms with Crippen LogP contribution in [0.5, 0.6) is 0 Å². The highest BCUT2D eigenvalue weighted by Crippen LogP contribution is 2.22. The molecule has 3 N–H and O–H groups in total. The molecule has 0 radical (unpaired) electrons. The van der Waals surface area contributed by atoms with Gasteiger partial charge in [0.15, 0.2) is 0 Å². The number of nitriles is 1. The van der Waals surface area contributed by atoms with Gasteiger partial charge >= 0.3 is 0 Å². The van der Waals surface area contributed by atoms with Gasteiger partial charge < -0.3 is 11.1 Å². The normalized spacial score (nSPS) is 11.9. The first-order valence-electron chi connectivity index (χ1n) is 6.17. The van der Waals surface area contributed by atoms with Gasteiger partial charge in [-0.25, -0.2) is 0 Å². The highest BCUT2D eigenvalue weighted by Gasteiger charge is 2.12. The van der Waals surface area contributed by atoms with Crippen LogP contribution >= 0.6 is 0 Å². The molecule has 1 rings (SSSR count). The molecule has 0 fully saturated rings. The summed E-state index contributed by atoms with van der Waals surface area (Å²) in [5, 5.41) is 11.5. The number of nitrogens with one attached hydrogen (secondary N) is 1. The fourth-order valence-corrected chi connectivity index (χ4v) is 1.86. The number of benzene rings is 1. The van der Waals surface area contributed by atoms with Crippen LogP contribution in [0.3, 0.4) is 0 Å². The topological polar surface area (TPSA) is 82.2 Å². The van der Waals surface area contributed by atoms with Crippen molar-refractivity contribution >= 4 is 17.3 Å². The van der Waals surface area contributed by atoms with Gasteiger partial charge in [-0.1, -0.05) is 12.1 Å². The molecule has 1 aromatic carbocycles. The molecule has 5 heteroatoms. The summed E-state index contributed by atoms with van der Waals surface area (Å²) in [5.41, 5.74) is 7.98. The van der Waals surface area contributed by atoms with E-state index in [1.165, 1.54) is 0 Å². The molecule has 1 atom stereocenters. The molecule has 1 aromatic rings. The zero-order valence-corrected chi connectivity index (χ0v) is 11.6. The number of nitrogen functional groups attached to an aromatic ring is 1. The number of para-hydroxylation sites is 1. The second-order valence-electron chi connectivity index (χ2n) is 4.81. The Kier molecular flexibility index (Phi) is 5.34. The van der Waals surface area contributed by atoms with Gasteiger partial charge in [0.25, 0.3) is 0 Å². The van der Waals surface area contributed by atoms with Crippen LogP contribution in [0.1, 0.15) is 12.5 Å². The van der Waals surface area contributed by atoms with E-state index in [9.17, 15) is 4.79 Å². The second kappa shape index (κ2) is 6.76. The largest absolute Gasteiger partial charge is 0.397 e. The fourth-order valence-electron chi connectivity index (χ4n) is 1.86. The molecular formula is C14H20N4O. The Hall–Kier alpha value is -2.06. The number of amides is 1. The smallest absolute Gasteiger partial charge is 0.238 e. The first-order chi connectivity index (χ1) is 8.93. The number of nitrogens with zero attached hydrogens (tertiary/aromatic N) is 2. The molecule has 0 aliphatic heterocycles. The van der Waals surface area contributed by atoms with Crippen molar-refractivity contribution in [2.75, 3.05) is 31.2 Å². The van der Waals surface area contributed by atoms with Crippen LogP contribution in [0.4, 0.5) is 11.4 Å². The summed E-state index contributed by atoms with van der Waals surface area (Å²) in [6, 6.07) is 7.64. The van der Waals surface area contributed by atoms with Gasteiger partial charge in [0.1, 0.15) is 0 Å². The predicted molar refractivity (Wildman–Crippen MR) is 76.5 cm³/mol. The molecule has 0 heterocycles. The van der Waals surface area contributed by atoms with Gasteiger partial charge in [0.05, 0.1) is 29.9 Å². The van der Waals surface area contributed by atoms with Crippen LogP contribution in [-0.4, -0.2) is 30.9 Å². The Morgan fingerprint density at radius 1 is 1.58 bits per heavy atom. The molecule has 0 spiro atoms. The minimum Gasteiger partial charge on any atom is -0.397 e. The molecule has 102 valence electrons. The number of carbonyl (C=O) groups excluding carboxylic acids is 1. The Morgan fingerprint density at radius 3 is 2.84 bits per heavy atom. The van der Waals surface area contributed by atoms with E-state index in [2.05, 4.69) is 11.4 Å². The number of anilines is 2. The van der Waals surface area contributed by atoms with Gasteiger partial charge in [-0.3, -0.25) is 9.69 Å². The quantitative estimate of drug-likeness (QED) is 0.788. The number of hydrogen-bond donors (Lipinski definition) is 2.